The Bertz CT molecular complexity index is 2080. The second kappa shape index (κ2) is 8.97. The Hall–Kier alpha value is -5.08. The molecule has 2 nitrogen and oxygen atoms in total. The third-order valence-electron chi connectivity index (χ3n) is 8.67. The molecule has 0 bridgehead atoms. The molecule has 1 aromatic heterocycles. The summed E-state index contributed by atoms with van der Waals surface area (Å²) in [4.78, 5) is 0. The first-order chi connectivity index (χ1) is 20.1. The van der Waals surface area contributed by atoms with Crippen LogP contribution in [-0.2, 0) is 5.41 Å². The number of nitrogens with zero attached hydrogens (tertiary/aromatic N) is 1. The average molecular weight is 528 g/mol. The van der Waals surface area contributed by atoms with E-state index in [4.69, 9.17) is 4.74 Å². The lowest BCUT2D eigenvalue weighted by molar-refractivity contribution is 0.418. The number of rotatable bonds is 3. The molecule has 0 saturated heterocycles. The van der Waals surface area contributed by atoms with Crippen molar-refractivity contribution in [3.05, 3.63) is 151 Å². The molecule has 0 saturated carbocycles. The zero-order chi connectivity index (χ0) is 27.6. The monoisotopic (exact) mass is 527 g/mol. The highest BCUT2D eigenvalue weighted by Crippen LogP contribution is 2.49. The first-order valence-electron chi connectivity index (χ1n) is 14.2. The van der Waals surface area contributed by atoms with Crippen LogP contribution in [-0.4, -0.2) is 4.57 Å². The fourth-order valence-electron chi connectivity index (χ4n) is 6.50. The van der Waals surface area contributed by atoms with Gasteiger partial charge in [0.2, 0.25) is 0 Å². The van der Waals surface area contributed by atoms with Crippen LogP contribution in [0.5, 0.6) is 11.5 Å². The van der Waals surface area contributed by atoms with E-state index in [1.807, 2.05) is 6.07 Å². The predicted octanol–water partition coefficient (Wildman–Crippen LogP) is 10.5. The quantitative estimate of drug-likeness (QED) is 0.223. The summed E-state index contributed by atoms with van der Waals surface area (Å²) in [7, 11) is 0. The van der Waals surface area contributed by atoms with Gasteiger partial charge in [0.25, 0.3) is 0 Å². The maximum atomic E-state index is 6.43. The summed E-state index contributed by atoms with van der Waals surface area (Å²) >= 11 is 0. The van der Waals surface area contributed by atoms with Crippen LogP contribution >= 0.6 is 0 Å². The maximum Gasteiger partial charge on any atom is 0.132 e. The summed E-state index contributed by atoms with van der Waals surface area (Å²) in [5, 5.41) is 2.50. The van der Waals surface area contributed by atoms with Crippen LogP contribution < -0.4 is 4.74 Å². The highest BCUT2D eigenvalue weighted by molar-refractivity contribution is 6.10. The van der Waals surface area contributed by atoms with Gasteiger partial charge in [-0.1, -0.05) is 111 Å². The molecular weight excluding hydrogens is 498 g/mol. The van der Waals surface area contributed by atoms with Crippen LogP contribution in [0.1, 0.15) is 25.0 Å². The molecule has 1 aliphatic rings. The van der Waals surface area contributed by atoms with Crippen LogP contribution in [0.15, 0.2) is 140 Å². The minimum Gasteiger partial charge on any atom is -0.457 e. The van der Waals surface area contributed by atoms with E-state index in [0.29, 0.717) is 0 Å². The summed E-state index contributed by atoms with van der Waals surface area (Å²) in [6.07, 6.45) is 0. The minimum atomic E-state index is -0.115. The highest BCUT2D eigenvalue weighted by Gasteiger charge is 2.34. The van der Waals surface area contributed by atoms with Crippen LogP contribution in [0.2, 0.25) is 0 Å². The van der Waals surface area contributed by atoms with Crippen molar-refractivity contribution >= 4 is 21.8 Å². The zero-order valence-electron chi connectivity index (χ0n) is 23.1. The molecule has 7 aromatic rings. The smallest absolute Gasteiger partial charge is 0.132 e. The Balaban J connectivity index is 1.24. The molecule has 0 radical (unpaired) electrons. The number of fused-ring (bicyclic) bond motifs is 5. The third-order valence-corrected chi connectivity index (χ3v) is 8.67. The van der Waals surface area contributed by atoms with Crippen LogP contribution in [0, 0.1) is 0 Å². The lowest BCUT2D eigenvalue weighted by Gasteiger charge is -2.34. The molecule has 0 N–H and O–H groups in total. The van der Waals surface area contributed by atoms with E-state index < -0.39 is 0 Å². The number of ether oxygens (including phenoxy) is 1. The molecule has 0 atom stereocenters. The summed E-state index contributed by atoms with van der Waals surface area (Å²) in [5.74, 6) is 1.88. The van der Waals surface area contributed by atoms with Gasteiger partial charge in [0.1, 0.15) is 11.5 Å². The van der Waals surface area contributed by atoms with E-state index in [-0.39, 0.29) is 5.41 Å². The fraction of sp³-hybridized carbons (Fsp3) is 0.0769. The third kappa shape index (κ3) is 3.72. The first kappa shape index (κ1) is 23.8. The van der Waals surface area contributed by atoms with Crippen LogP contribution in [0.4, 0.5) is 0 Å². The largest absolute Gasteiger partial charge is 0.457 e. The molecular formula is C39H29NO. The van der Waals surface area contributed by atoms with Crippen molar-refractivity contribution in [1.82, 2.24) is 4.57 Å². The normalized spacial score (nSPS) is 13.5. The Morgan fingerprint density at radius 1 is 0.463 bits per heavy atom. The predicted molar refractivity (Wildman–Crippen MR) is 170 cm³/mol. The minimum absolute atomic E-state index is 0.115. The van der Waals surface area contributed by atoms with Gasteiger partial charge in [0.05, 0.1) is 11.0 Å². The molecule has 41 heavy (non-hydrogen) atoms. The van der Waals surface area contributed by atoms with Gasteiger partial charge in [0, 0.05) is 33.0 Å². The number of hydrogen-bond acceptors (Lipinski definition) is 1. The molecule has 0 unspecified atom stereocenters. The molecule has 6 aromatic carbocycles. The Morgan fingerprint density at radius 2 is 1.07 bits per heavy atom. The van der Waals surface area contributed by atoms with E-state index in [1.165, 1.54) is 49.6 Å². The average Bonchev–Trinajstić information content (AvgIpc) is 3.35. The molecule has 0 aliphatic carbocycles. The lowest BCUT2D eigenvalue weighted by atomic mass is 9.75. The lowest BCUT2D eigenvalue weighted by Crippen LogP contribution is -2.24. The molecule has 2 heteroatoms. The summed E-state index contributed by atoms with van der Waals surface area (Å²) < 4.78 is 8.81. The van der Waals surface area contributed by atoms with Gasteiger partial charge >= 0.3 is 0 Å². The van der Waals surface area contributed by atoms with E-state index >= 15 is 0 Å². The van der Waals surface area contributed by atoms with Crippen LogP contribution in [0.25, 0.3) is 49.7 Å². The number of benzene rings is 6. The zero-order valence-corrected chi connectivity index (χ0v) is 23.1. The fourth-order valence-corrected chi connectivity index (χ4v) is 6.50. The Morgan fingerprint density at radius 3 is 1.93 bits per heavy atom. The molecule has 0 amide bonds. The summed E-state index contributed by atoms with van der Waals surface area (Å²) in [6.45, 7) is 4.56. The van der Waals surface area contributed by atoms with Crippen molar-refractivity contribution in [2.24, 2.45) is 0 Å². The highest BCUT2D eigenvalue weighted by atomic mass is 16.5. The molecule has 0 spiro atoms. The van der Waals surface area contributed by atoms with Crippen molar-refractivity contribution in [3.8, 4) is 39.4 Å². The van der Waals surface area contributed by atoms with Crippen molar-refractivity contribution in [2.45, 2.75) is 19.3 Å². The van der Waals surface area contributed by atoms with Gasteiger partial charge < -0.3 is 9.30 Å². The van der Waals surface area contributed by atoms with Gasteiger partial charge in [-0.05, 0) is 64.7 Å². The number of para-hydroxylation sites is 2. The van der Waals surface area contributed by atoms with E-state index in [9.17, 15) is 0 Å². The second-order valence-electron chi connectivity index (χ2n) is 11.4. The van der Waals surface area contributed by atoms with Gasteiger partial charge in [-0.2, -0.15) is 0 Å². The van der Waals surface area contributed by atoms with Gasteiger partial charge in [-0.25, -0.2) is 0 Å². The molecule has 0 fully saturated rings. The van der Waals surface area contributed by atoms with E-state index in [1.54, 1.807) is 0 Å². The Labute approximate surface area is 240 Å². The SMILES string of the molecule is CC1(C)c2ccccc2Oc2cc(-c3ccc4c(c3)c3ccccc3n4-c3ccc(-c4ccccc4)cc3)ccc21. The standard InChI is InChI=1S/C39H29NO/c1-39(2)33-13-7-9-15-37(33)41-38-25-29(18-22-34(38)39)28-19-23-36-32(24-28)31-12-6-8-14-35(31)40(36)30-20-16-27(17-21-30)26-10-4-3-5-11-26/h3-25H,1-2H3. The summed E-state index contributed by atoms with van der Waals surface area (Å²) in [6, 6.07) is 50.0. The van der Waals surface area contributed by atoms with Crippen molar-refractivity contribution in [3.63, 3.8) is 0 Å². The molecule has 196 valence electrons. The molecule has 1 aliphatic heterocycles. The molecule has 8 rings (SSSR count). The van der Waals surface area contributed by atoms with Gasteiger partial charge in [0.15, 0.2) is 0 Å². The van der Waals surface area contributed by atoms with Crippen molar-refractivity contribution in [2.75, 3.05) is 0 Å². The second-order valence-corrected chi connectivity index (χ2v) is 11.4. The van der Waals surface area contributed by atoms with E-state index in [2.05, 4.69) is 152 Å². The van der Waals surface area contributed by atoms with Crippen molar-refractivity contribution < 1.29 is 4.74 Å². The van der Waals surface area contributed by atoms with Gasteiger partial charge in [-0.3, -0.25) is 0 Å². The van der Waals surface area contributed by atoms with Crippen molar-refractivity contribution in [1.29, 1.82) is 0 Å². The summed E-state index contributed by atoms with van der Waals surface area (Å²) in [5.41, 5.74) is 10.7. The maximum absolute atomic E-state index is 6.43. The Kier molecular flexibility index (Phi) is 5.20. The van der Waals surface area contributed by atoms with Crippen LogP contribution in [0.3, 0.4) is 0 Å². The first-order valence-corrected chi connectivity index (χ1v) is 14.2. The topological polar surface area (TPSA) is 14.2 Å². The number of hydrogen-bond donors (Lipinski definition) is 0. The number of aromatic nitrogens is 1. The van der Waals surface area contributed by atoms with E-state index in [0.717, 1.165) is 22.7 Å². The molecule has 2 heterocycles. The van der Waals surface area contributed by atoms with Gasteiger partial charge in [-0.15, -0.1) is 0 Å².